The summed E-state index contributed by atoms with van der Waals surface area (Å²) in [7, 11) is 0. The fraction of sp³-hybridized carbons (Fsp3) is 0.375. The van der Waals surface area contributed by atoms with Crippen LogP contribution in [0.5, 0.6) is 5.75 Å². The molecule has 1 aromatic heterocycles. The van der Waals surface area contributed by atoms with Crippen LogP contribution in [-0.2, 0) is 13.2 Å². The molecular formula is C16H21NOS. The summed E-state index contributed by atoms with van der Waals surface area (Å²) >= 11 is 1.73. The van der Waals surface area contributed by atoms with Gasteiger partial charge in [-0.3, -0.25) is 0 Å². The van der Waals surface area contributed by atoms with Gasteiger partial charge in [0.15, 0.2) is 0 Å². The molecule has 0 saturated heterocycles. The highest BCUT2D eigenvalue weighted by atomic mass is 32.1. The smallest absolute Gasteiger partial charge is 0.127 e. The van der Waals surface area contributed by atoms with Crippen LogP contribution in [0.25, 0.3) is 0 Å². The van der Waals surface area contributed by atoms with Crippen molar-refractivity contribution in [2.24, 2.45) is 0 Å². The van der Waals surface area contributed by atoms with Gasteiger partial charge in [0.2, 0.25) is 0 Å². The van der Waals surface area contributed by atoms with Crippen molar-refractivity contribution in [2.45, 2.75) is 40.0 Å². The lowest BCUT2D eigenvalue weighted by Gasteiger charge is -2.15. The molecule has 0 spiro atoms. The van der Waals surface area contributed by atoms with Gasteiger partial charge < -0.3 is 10.1 Å². The van der Waals surface area contributed by atoms with Crippen molar-refractivity contribution in [2.75, 3.05) is 0 Å². The predicted molar refractivity (Wildman–Crippen MR) is 81.8 cm³/mol. The molecule has 0 amide bonds. The van der Waals surface area contributed by atoms with E-state index >= 15 is 0 Å². The molecule has 0 unspecified atom stereocenters. The third-order valence-corrected chi connectivity index (χ3v) is 3.78. The van der Waals surface area contributed by atoms with Crippen LogP contribution < -0.4 is 10.1 Å². The fourth-order valence-corrected chi connectivity index (χ4v) is 2.53. The standard InChI is InChI=1S/C16H21NOS/c1-12(2)17-10-14-7-4-6-13(3)16(14)18-11-15-8-5-9-19-15/h4-9,12,17H,10-11H2,1-3H3. The maximum Gasteiger partial charge on any atom is 0.127 e. The Bertz CT molecular complexity index is 505. The van der Waals surface area contributed by atoms with Gasteiger partial charge in [-0.2, -0.15) is 0 Å². The van der Waals surface area contributed by atoms with E-state index in [1.165, 1.54) is 16.0 Å². The summed E-state index contributed by atoms with van der Waals surface area (Å²) in [4.78, 5) is 1.26. The minimum atomic E-state index is 0.477. The summed E-state index contributed by atoms with van der Waals surface area (Å²) in [6, 6.07) is 11.0. The molecule has 2 aromatic rings. The summed E-state index contributed by atoms with van der Waals surface area (Å²) in [6.07, 6.45) is 0. The summed E-state index contributed by atoms with van der Waals surface area (Å²) in [6.45, 7) is 7.91. The van der Waals surface area contributed by atoms with E-state index < -0.39 is 0 Å². The number of nitrogens with one attached hydrogen (secondary N) is 1. The van der Waals surface area contributed by atoms with Crippen LogP contribution in [0.2, 0.25) is 0 Å². The Labute approximate surface area is 119 Å². The SMILES string of the molecule is Cc1cccc(CNC(C)C)c1OCc1cccs1. The monoisotopic (exact) mass is 275 g/mol. The van der Waals surface area contributed by atoms with Gasteiger partial charge in [-0.15, -0.1) is 11.3 Å². The molecule has 0 fully saturated rings. The van der Waals surface area contributed by atoms with Crippen molar-refractivity contribution in [1.29, 1.82) is 0 Å². The van der Waals surface area contributed by atoms with Gasteiger partial charge >= 0.3 is 0 Å². The molecule has 1 N–H and O–H groups in total. The van der Waals surface area contributed by atoms with E-state index in [9.17, 15) is 0 Å². The Morgan fingerprint density at radius 3 is 2.74 bits per heavy atom. The second-order valence-electron chi connectivity index (χ2n) is 4.97. The topological polar surface area (TPSA) is 21.3 Å². The molecule has 2 nitrogen and oxygen atoms in total. The van der Waals surface area contributed by atoms with Gasteiger partial charge in [-0.25, -0.2) is 0 Å². The van der Waals surface area contributed by atoms with Crippen molar-refractivity contribution in [1.82, 2.24) is 5.32 Å². The largest absolute Gasteiger partial charge is 0.487 e. The molecule has 3 heteroatoms. The molecule has 0 bridgehead atoms. The van der Waals surface area contributed by atoms with Crippen molar-refractivity contribution >= 4 is 11.3 Å². The highest BCUT2D eigenvalue weighted by Crippen LogP contribution is 2.25. The quantitative estimate of drug-likeness (QED) is 0.855. The van der Waals surface area contributed by atoms with E-state index in [1.807, 2.05) is 0 Å². The molecule has 102 valence electrons. The van der Waals surface area contributed by atoms with E-state index in [-0.39, 0.29) is 0 Å². The van der Waals surface area contributed by atoms with Gasteiger partial charge in [0.05, 0.1) is 0 Å². The lowest BCUT2D eigenvalue weighted by molar-refractivity contribution is 0.303. The Hall–Kier alpha value is -1.32. The highest BCUT2D eigenvalue weighted by molar-refractivity contribution is 7.09. The Balaban J connectivity index is 2.08. The second kappa shape index (κ2) is 6.73. The zero-order chi connectivity index (χ0) is 13.7. The number of benzene rings is 1. The maximum atomic E-state index is 6.02. The minimum Gasteiger partial charge on any atom is -0.487 e. The summed E-state index contributed by atoms with van der Waals surface area (Å²) in [5, 5.41) is 5.53. The van der Waals surface area contributed by atoms with Gasteiger partial charge in [-0.1, -0.05) is 38.1 Å². The van der Waals surface area contributed by atoms with Crippen LogP contribution in [0.3, 0.4) is 0 Å². The molecule has 1 aromatic carbocycles. The molecule has 0 aliphatic rings. The van der Waals surface area contributed by atoms with Crippen LogP contribution >= 0.6 is 11.3 Å². The molecule has 0 saturated carbocycles. The van der Waals surface area contributed by atoms with Crippen molar-refractivity contribution < 1.29 is 4.74 Å². The zero-order valence-electron chi connectivity index (χ0n) is 11.8. The van der Waals surface area contributed by atoms with Crippen LogP contribution in [0.15, 0.2) is 35.7 Å². The predicted octanol–water partition coefficient (Wildman–Crippen LogP) is 4.13. The van der Waals surface area contributed by atoms with Crippen LogP contribution in [0, 0.1) is 6.92 Å². The second-order valence-corrected chi connectivity index (χ2v) is 6.00. The van der Waals surface area contributed by atoms with Crippen LogP contribution in [-0.4, -0.2) is 6.04 Å². The summed E-state index contributed by atoms with van der Waals surface area (Å²) < 4.78 is 6.02. The van der Waals surface area contributed by atoms with Crippen molar-refractivity contribution in [3.63, 3.8) is 0 Å². The van der Waals surface area contributed by atoms with Gasteiger partial charge in [0.1, 0.15) is 12.4 Å². The van der Waals surface area contributed by atoms with Crippen molar-refractivity contribution in [3.8, 4) is 5.75 Å². The first kappa shape index (κ1) is 14.1. The Morgan fingerprint density at radius 2 is 2.05 bits per heavy atom. The van der Waals surface area contributed by atoms with E-state index in [1.54, 1.807) is 11.3 Å². The Morgan fingerprint density at radius 1 is 1.21 bits per heavy atom. The van der Waals surface area contributed by atoms with Gasteiger partial charge in [0.25, 0.3) is 0 Å². The molecular weight excluding hydrogens is 254 g/mol. The molecule has 0 atom stereocenters. The van der Waals surface area contributed by atoms with Gasteiger partial charge in [-0.05, 0) is 23.9 Å². The lowest BCUT2D eigenvalue weighted by Crippen LogP contribution is -2.22. The summed E-state index contributed by atoms with van der Waals surface area (Å²) in [5.41, 5.74) is 2.42. The lowest BCUT2D eigenvalue weighted by atomic mass is 10.1. The molecule has 1 heterocycles. The number of aryl methyl sites for hydroxylation is 1. The third kappa shape index (κ3) is 4.08. The normalized spacial score (nSPS) is 10.9. The van der Waals surface area contributed by atoms with Gasteiger partial charge in [0, 0.05) is 23.0 Å². The number of rotatable bonds is 6. The molecule has 19 heavy (non-hydrogen) atoms. The number of para-hydroxylation sites is 1. The number of hydrogen-bond acceptors (Lipinski definition) is 3. The fourth-order valence-electron chi connectivity index (χ4n) is 1.91. The zero-order valence-corrected chi connectivity index (χ0v) is 12.6. The first-order valence-corrected chi connectivity index (χ1v) is 7.52. The molecule has 0 aliphatic heterocycles. The summed E-state index contributed by atoms with van der Waals surface area (Å²) in [5.74, 6) is 1.02. The van der Waals surface area contributed by atoms with Crippen LogP contribution in [0.1, 0.15) is 29.9 Å². The number of hydrogen-bond donors (Lipinski definition) is 1. The average molecular weight is 275 g/mol. The van der Waals surface area contributed by atoms with E-state index in [4.69, 9.17) is 4.74 Å². The maximum absolute atomic E-state index is 6.02. The van der Waals surface area contributed by atoms with Crippen molar-refractivity contribution in [3.05, 3.63) is 51.7 Å². The molecule has 2 rings (SSSR count). The van der Waals surface area contributed by atoms with E-state index in [0.717, 1.165) is 12.3 Å². The first-order chi connectivity index (χ1) is 9.16. The average Bonchev–Trinajstić information content (AvgIpc) is 2.88. The van der Waals surface area contributed by atoms with Crippen LogP contribution in [0.4, 0.5) is 0 Å². The Kier molecular flexibility index (Phi) is 5.00. The molecule has 0 radical (unpaired) electrons. The van der Waals surface area contributed by atoms with E-state index in [2.05, 4.69) is 61.8 Å². The minimum absolute atomic E-state index is 0.477. The third-order valence-electron chi connectivity index (χ3n) is 2.93. The number of ether oxygens (including phenoxy) is 1. The van der Waals surface area contributed by atoms with E-state index in [0.29, 0.717) is 12.6 Å². The number of thiophene rings is 1. The highest BCUT2D eigenvalue weighted by Gasteiger charge is 2.08. The first-order valence-electron chi connectivity index (χ1n) is 6.64. The molecule has 0 aliphatic carbocycles.